The maximum Gasteiger partial charge on any atom is 0.217 e. The predicted molar refractivity (Wildman–Crippen MR) is 80.1 cm³/mol. The van der Waals surface area contributed by atoms with Gasteiger partial charge >= 0.3 is 0 Å². The van der Waals surface area contributed by atoms with Gasteiger partial charge in [0, 0.05) is 38.5 Å². The van der Waals surface area contributed by atoms with Crippen LogP contribution in [-0.4, -0.2) is 35.0 Å². The van der Waals surface area contributed by atoms with Crippen LogP contribution in [-0.2, 0) is 11.2 Å². The van der Waals surface area contributed by atoms with Crippen molar-refractivity contribution in [1.29, 1.82) is 0 Å². The number of carbonyl (C=O) groups is 1. The number of rotatable bonds is 4. The predicted octanol–water partition coefficient (Wildman–Crippen LogP) is 2.19. The minimum atomic E-state index is 0.0405. The van der Waals surface area contributed by atoms with E-state index in [9.17, 15) is 4.79 Å². The molecule has 1 aliphatic rings. The van der Waals surface area contributed by atoms with E-state index in [2.05, 4.69) is 27.1 Å². The molecular weight excluding hydrogens is 276 g/mol. The largest absolute Gasteiger partial charge is 0.356 e. The van der Waals surface area contributed by atoms with Crippen LogP contribution in [0.25, 0.3) is 0 Å². The molecule has 2 rings (SSSR count). The number of nitrogens with one attached hydrogen (secondary N) is 1. The van der Waals surface area contributed by atoms with E-state index in [0.717, 1.165) is 50.4 Å². The number of aromatic nitrogens is 2. The van der Waals surface area contributed by atoms with Gasteiger partial charge < -0.3 is 10.2 Å². The first-order valence-corrected chi connectivity index (χ1v) is 7.51. The molecule has 1 saturated heterocycles. The van der Waals surface area contributed by atoms with Crippen molar-refractivity contribution in [3.8, 4) is 0 Å². The first-order chi connectivity index (χ1) is 9.58. The maximum atomic E-state index is 11.1. The van der Waals surface area contributed by atoms with Gasteiger partial charge in [-0.2, -0.15) is 0 Å². The Morgan fingerprint density at radius 1 is 1.45 bits per heavy atom. The Hall–Kier alpha value is -1.36. The van der Waals surface area contributed by atoms with E-state index in [0.29, 0.717) is 5.15 Å². The van der Waals surface area contributed by atoms with Crippen molar-refractivity contribution in [2.75, 3.05) is 18.0 Å². The van der Waals surface area contributed by atoms with E-state index in [-0.39, 0.29) is 11.9 Å². The summed E-state index contributed by atoms with van der Waals surface area (Å²) in [5.74, 6) is 1.74. The SMILES string of the molecule is CCCc1nc(Cl)cc(N2CCC(NC(C)=O)CC2)n1. The summed E-state index contributed by atoms with van der Waals surface area (Å²) >= 11 is 6.07. The summed E-state index contributed by atoms with van der Waals surface area (Å²) < 4.78 is 0. The highest BCUT2D eigenvalue weighted by Gasteiger charge is 2.21. The summed E-state index contributed by atoms with van der Waals surface area (Å²) in [6.07, 6.45) is 3.72. The Kier molecular flexibility index (Phi) is 5.17. The third kappa shape index (κ3) is 4.07. The zero-order valence-electron chi connectivity index (χ0n) is 12.0. The van der Waals surface area contributed by atoms with Crippen LogP contribution in [0.4, 0.5) is 5.82 Å². The summed E-state index contributed by atoms with van der Waals surface area (Å²) in [4.78, 5) is 22.1. The topological polar surface area (TPSA) is 58.1 Å². The molecular formula is C14H21ClN4O. The molecule has 20 heavy (non-hydrogen) atoms. The second kappa shape index (κ2) is 6.88. The van der Waals surface area contributed by atoms with Gasteiger partial charge in [-0.1, -0.05) is 18.5 Å². The molecule has 1 aromatic rings. The summed E-state index contributed by atoms with van der Waals surface area (Å²) in [6.45, 7) is 5.42. The van der Waals surface area contributed by atoms with Gasteiger partial charge in [-0.3, -0.25) is 4.79 Å². The molecule has 0 spiro atoms. The van der Waals surface area contributed by atoms with Crippen molar-refractivity contribution in [3.05, 3.63) is 17.0 Å². The number of piperidine rings is 1. The normalized spacial score (nSPS) is 16.2. The molecule has 1 amide bonds. The summed E-state index contributed by atoms with van der Waals surface area (Å²) in [5, 5.41) is 3.47. The molecule has 5 nitrogen and oxygen atoms in total. The van der Waals surface area contributed by atoms with Gasteiger partial charge in [0.25, 0.3) is 0 Å². The highest BCUT2D eigenvalue weighted by Crippen LogP contribution is 2.21. The van der Waals surface area contributed by atoms with Crippen molar-refractivity contribution in [1.82, 2.24) is 15.3 Å². The van der Waals surface area contributed by atoms with Crippen molar-refractivity contribution in [2.24, 2.45) is 0 Å². The maximum absolute atomic E-state index is 11.1. The Morgan fingerprint density at radius 2 is 2.15 bits per heavy atom. The molecule has 0 radical (unpaired) electrons. The van der Waals surface area contributed by atoms with Crippen LogP contribution in [0.3, 0.4) is 0 Å². The number of halogens is 1. The van der Waals surface area contributed by atoms with E-state index in [1.54, 1.807) is 6.92 Å². The van der Waals surface area contributed by atoms with Gasteiger partial charge in [0.05, 0.1) is 0 Å². The molecule has 110 valence electrons. The van der Waals surface area contributed by atoms with Crippen LogP contribution in [0.15, 0.2) is 6.07 Å². The van der Waals surface area contributed by atoms with Crippen molar-refractivity contribution in [2.45, 2.75) is 45.6 Å². The van der Waals surface area contributed by atoms with Crippen LogP contribution in [0.5, 0.6) is 0 Å². The highest BCUT2D eigenvalue weighted by atomic mass is 35.5. The fourth-order valence-electron chi connectivity index (χ4n) is 2.49. The molecule has 6 heteroatoms. The number of hydrogen-bond acceptors (Lipinski definition) is 4. The lowest BCUT2D eigenvalue weighted by molar-refractivity contribution is -0.119. The lowest BCUT2D eigenvalue weighted by Gasteiger charge is -2.33. The molecule has 1 fully saturated rings. The quantitative estimate of drug-likeness (QED) is 0.865. The standard InChI is InChI=1S/C14H21ClN4O/c1-3-4-13-17-12(15)9-14(18-13)19-7-5-11(6-8-19)16-10(2)20/h9,11H,3-8H2,1-2H3,(H,16,20). The van der Waals surface area contributed by atoms with Crippen molar-refractivity contribution in [3.63, 3.8) is 0 Å². The molecule has 0 bridgehead atoms. The summed E-state index contributed by atoms with van der Waals surface area (Å²) in [6, 6.07) is 2.09. The van der Waals surface area contributed by atoms with E-state index < -0.39 is 0 Å². The molecule has 0 unspecified atom stereocenters. The van der Waals surface area contributed by atoms with Crippen molar-refractivity contribution >= 4 is 23.3 Å². The minimum Gasteiger partial charge on any atom is -0.356 e. The fraction of sp³-hybridized carbons (Fsp3) is 0.643. The fourth-order valence-corrected chi connectivity index (χ4v) is 2.68. The van der Waals surface area contributed by atoms with Gasteiger partial charge in [-0.15, -0.1) is 0 Å². The van der Waals surface area contributed by atoms with Crippen LogP contribution in [0, 0.1) is 0 Å². The second-order valence-electron chi connectivity index (χ2n) is 5.18. The van der Waals surface area contributed by atoms with E-state index in [4.69, 9.17) is 11.6 Å². The van der Waals surface area contributed by atoms with Crippen LogP contribution >= 0.6 is 11.6 Å². The smallest absolute Gasteiger partial charge is 0.217 e. The first kappa shape index (κ1) is 15.0. The highest BCUT2D eigenvalue weighted by molar-refractivity contribution is 6.29. The van der Waals surface area contributed by atoms with Crippen molar-refractivity contribution < 1.29 is 4.79 Å². The van der Waals surface area contributed by atoms with Crippen LogP contribution in [0.2, 0.25) is 5.15 Å². The molecule has 1 N–H and O–H groups in total. The number of amides is 1. The second-order valence-corrected chi connectivity index (χ2v) is 5.56. The number of anilines is 1. The molecule has 0 atom stereocenters. The lowest BCUT2D eigenvalue weighted by atomic mass is 10.1. The van der Waals surface area contributed by atoms with Crippen LogP contribution < -0.4 is 10.2 Å². The van der Waals surface area contributed by atoms with Gasteiger partial charge in [0.15, 0.2) is 0 Å². The molecule has 0 aromatic carbocycles. The van der Waals surface area contributed by atoms with Gasteiger partial charge in [0.1, 0.15) is 16.8 Å². The van der Waals surface area contributed by atoms with Gasteiger partial charge in [-0.05, 0) is 19.3 Å². The Morgan fingerprint density at radius 3 is 2.75 bits per heavy atom. The summed E-state index contributed by atoms with van der Waals surface area (Å²) in [5.41, 5.74) is 0. The van der Waals surface area contributed by atoms with Gasteiger partial charge in [0.2, 0.25) is 5.91 Å². The number of hydrogen-bond donors (Lipinski definition) is 1. The molecule has 2 heterocycles. The van der Waals surface area contributed by atoms with E-state index in [1.165, 1.54) is 0 Å². The molecule has 0 saturated carbocycles. The number of nitrogens with zero attached hydrogens (tertiary/aromatic N) is 3. The minimum absolute atomic E-state index is 0.0405. The third-order valence-electron chi connectivity index (χ3n) is 3.43. The van der Waals surface area contributed by atoms with E-state index in [1.807, 2.05) is 6.07 Å². The zero-order chi connectivity index (χ0) is 14.5. The van der Waals surface area contributed by atoms with Gasteiger partial charge in [-0.25, -0.2) is 9.97 Å². The Balaban J connectivity index is 2.01. The Labute approximate surface area is 124 Å². The zero-order valence-corrected chi connectivity index (χ0v) is 12.8. The van der Waals surface area contributed by atoms with Crippen LogP contribution in [0.1, 0.15) is 38.9 Å². The lowest BCUT2D eigenvalue weighted by Crippen LogP contribution is -2.44. The molecule has 1 aromatic heterocycles. The average molecular weight is 297 g/mol. The number of carbonyl (C=O) groups excluding carboxylic acids is 1. The molecule has 1 aliphatic heterocycles. The first-order valence-electron chi connectivity index (χ1n) is 7.14. The third-order valence-corrected chi connectivity index (χ3v) is 3.62. The monoisotopic (exact) mass is 296 g/mol. The number of aryl methyl sites for hydroxylation is 1. The average Bonchev–Trinajstić information content (AvgIpc) is 2.38. The molecule has 0 aliphatic carbocycles. The summed E-state index contributed by atoms with van der Waals surface area (Å²) in [7, 11) is 0. The Bertz CT molecular complexity index is 472. The van der Waals surface area contributed by atoms with E-state index >= 15 is 0 Å².